The molecule has 0 bridgehead atoms. The summed E-state index contributed by atoms with van der Waals surface area (Å²) in [5.41, 5.74) is 1.56. The first-order valence-electron chi connectivity index (χ1n) is 4.42. The van der Waals surface area contributed by atoms with E-state index in [0.717, 1.165) is 13.1 Å². The van der Waals surface area contributed by atoms with E-state index in [4.69, 9.17) is 5.21 Å². The monoisotopic (exact) mass is 327 g/mol. The van der Waals surface area contributed by atoms with Gasteiger partial charge < -0.3 is 20.9 Å². The zero-order valence-electron chi connectivity index (χ0n) is 9.12. The topological polar surface area (TPSA) is 80.0 Å². The molecule has 1 heterocycles. The normalized spacial score (nSPS) is 20.2. The summed E-state index contributed by atoms with van der Waals surface area (Å²) < 4.78 is 0. The van der Waals surface area contributed by atoms with Crippen LogP contribution in [0.25, 0.3) is 0 Å². The Kier molecular flexibility index (Phi) is 8.99. The average molecular weight is 329 g/mol. The minimum atomic E-state index is -0.184. The summed E-state index contributed by atoms with van der Waals surface area (Å²) in [5, 5.41) is 27.8. The number of hydrogen-bond acceptors (Lipinski definition) is 5. The van der Waals surface area contributed by atoms with Gasteiger partial charge in [0.2, 0.25) is 0 Å². The van der Waals surface area contributed by atoms with Gasteiger partial charge in [0.15, 0.2) is 0 Å². The second-order valence-corrected chi connectivity index (χ2v) is 4.60. The minimum absolute atomic E-state index is 0.184. The summed E-state index contributed by atoms with van der Waals surface area (Å²) in [4.78, 5) is 0. The molecule has 101 valence electrons. The summed E-state index contributed by atoms with van der Waals surface area (Å²) >= 11 is 0.757. The Morgan fingerprint density at radius 3 is 2.59 bits per heavy atom. The fourth-order valence-corrected chi connectivity index (χ4v) is 1.11. The van der Waals surface area contributed by atoms with Gasteiger partial charge in [-0.3, -0.25) is 0 Å². The second kappa shape index (κ2) is 9.36. The average Bonchev–Trinajstić information content (AvgIpc) is 2.38. The van der Waals surface area contributed by atoms with Gasteiger partial charge in [0, 0.05) is 5.71 Å². The molecule has 0 fully saturated rings. The summed E-state index contributed by atoms with van der Waals surface area (Å²) in [6, 6.07) is -0.184. The molecule has 17 heavy (non-hydrogen) atoms. The molecule has 0 aromatic heterocycles. The van der Waals surface area contributed by atoms with Crippen molar-refractivity contribution in [2.24, 2.45) is 10.3 Å². The predicted octanol–water partition coefficient (Wildman–Crippen LogP) is 2.58. The van der Waals surface area contributed by atoms with Crippen molar-refractivity contribution in [2.75, 3.05) is 0 Å². The SMILES string of the molecule is CC(=N[O-])C1=CC=CC(C(C)=NO)N1.[Cl][Cu][Cl]. The van der Waals surface area contributed by atoms with E-state index in [1.165, 1.54) is 0 Å². The Hall–Kier alpha value is -0.681. The number of hydrogen-bond donors (Lipinski definition) is 2. The van der Waals surface area contributed by atoms with Crippen molar-refractivity contribution >= 4 is 31.6 Å². The number of oxime groups is 1. The molecule has 0 spiro atoms. The van der Waals surface area contributed by atoms with Crippen LogP contribution < -0.4 is 5.32 Å². The van der Waals surface area contributed by atoms with Gasteiger partial charge in [-0.15, -0.1) is 0 Å². The molecule has 0 saturated carbocycles. The van der Waals surface area contributed by atoms with Crippen LogP contribution in [0.4, 0.5) is 0 Å². The summed E-state index contributed by atoms with van der Waals surface area (Å²) in [7, 11) is 9.34. The zero-order valence-corrected chi connectivity index (χ0v) is 11.6. The number of allylic oxidation sites excluding steroid dienone is 3. The van der Waals surface area contributed by atoms with Crippen LogP contribution in [0, 0.1) is 5.21 Å². The number of dihydropyridines is 1. The predicted molar refractivity (Wildman–Crippen MR) is 67.2 cm³/mol. The molecule has 0 saturated heterocycles. The third kappa shape index (κ3) is 5.98. The maximum atomic E-state index is 10.3. The standard InChI is InChI=1S/C9H13N3O2.2ClH.Cu/c1-6(11-13)8-4-3-5-9(10-8)7(2)12-14;;;/h3-5,8,10,13-14H,1-2H3;2*1H;/q;;;+2/p-3. The van der Waals surface area contributed by atoms with Crippen molar-refractivity contribution in [3.63, 3.8) is 0 Å². The number of nitrogens with one attached hydrogen (secondary N) is 1. The fraction of sp³-hybridized carbons (Fsp3) is 0.333. The maximum absolute atomic E-state index is 10.3. The molecule has 8 heteroatoms. The molecule has 1 unspecified atom stereocenters. The van der Waals surface area contributed by atoms with E-state index in [1.807, 2.05) is 6.08 Å². The van der Waals surface area contributed by atoms with E-state index in [1.54, 1.807) is 26.0 Å². The first kappa shape index (κ1) is 16.3. The summed E-state index contributed by atoms with van der Waals surface area (Å²) in [6.07, 6.45) is 5.37. The Morgan fingerprint density at radius 2 is 2.12 bits per heavy atom. The van der Waals surface area contributed by atoms with E-state index >= 15 is 0 Å². The van der Waals surface area contributed by atoms with Crippen LogP contribution in [0.1, 0.15) is 13.8 Å². The van der Waals surface area contributed by atoms with E-state index < -0.39 is 0 Å². The zero-order chi connectivity index (χ0) is 13.3. The van der Waals surface area contributed by atoms with E-state index in [2.05, 4.69) is 35.8 Å². The van der Waals surface area contributed by atoms with Crippen molar-refractivity contribution in [1.29, 1.82) is 0 Å². The fourth-order valence-electron chi connectivity index (χ4n) is 1.11. The molecule has 5 nitrogen and oxygen atoms in total. The van der Waals surface area contributed by atoms with Gasteiger partial charge in [0.1, 0.15) is 0 Å². The van der Waals surface area contributed by atoms with Gasteiger partial charge in [0.25, 0.3) is 0 Å². The number of nitrogens with zero attached hydrogens (tertiary/aromatic N) is 2. The Balaban J connectivity index is 0.000000770. The first-order valence-corrected chi connectivity index (χ1v) is 7.02. The summed E-state index contributed by atoms with van der Waals surface area (Å²) in [6.45, 7) is 3.31. The van der Waals surface area contributed by atoms with E-state index in [0.29, 0.717) is 17.1 Å². The first-order chi connectivity index (χ1) is 8.10. The third-order valence-electron chi connectivity index (χ3n) is 2.01. The van der Waals surface area contributed by atoms with Crippen molar-refractivity contribution in [2.45, 2.75) is 19.9 Å². The molecular formula is C9H12Cl2CuN3O2-. The third-order valence-corrected chi connectivity index (χ3v) is 2.01. The van der Waals surface area contributed by atoms with Crippen LogP contribution in [-0.4, -0.2) is 22.7 Å². The number of rotatable bonds is 2. The molecule has 1 atom stereocenters. The van der Waals surface area contributed by atoms with Crippen LogP contribution >= 0.6 is 20.2 Å². The number of halogens is 2. The van der Waals surface area contributed by atoms with Gasteiger partial charge in [-0.25, -0.2) is 0 Å². The molecule has 0 aliphatic carbocycles. The quantitative estimate of drug-likeness (QED) is 0.354. The molecule has 1 rings (SSSR count). The van der Waals surface area contributed by atoms with Crippen molar-refractivity contribution in [1.82, 2.24) is 5.32 Å². The van der Waals surface area contributed by atoms with Crippen LogP contribution in [0.3, 0.4) is 0 Å². The molecule has 1 aliphatic heterocycles. The Bertz CT molecular complexity index is 356. The Morgan fingerprint density at radius 1 is 1.53 bits per heavy atom. The van der Waals surface area contributed by atoms with Crippen molar-refractivity contribution < 1.29 is 18.3 Å². The van der Waals surface area contributed by atoms with Crippen LogP contribution in [-0.2, 0) is 13.1 Å². The molecule has 0 aromatic rings. The van der Waals surface area contributed by atoms with E-state index in [-0.39, 0.29) is 6.04 Å². The molecule has 0 aromatic carbocycles. The second-order valence-electron chi connectivity index (χ2n) is 3.05. The molecular weight excluding hydrogens is 317 g/mol. The van der Waals surface area contributed by atoms with Gasteiger partial charge in [-0.1, -0.05) is 17.3 Å². The molecule has 1 aliphatic rings. The van der Waals surface area contributed by atoms with E-state index in [9.17, 15) is 5.21 Å². The van der Waals surface area contributed by atoms with Crippen molar-refractivity contribution in [3.8, 4) is 0 Å². The van der Waals surface area contributed by atoms with Gasteiger partial charge in [-0.2, -0.15) is 0 Å². The van der Waals surface area contributed by atoms with Crippen LogP contribution in [0.5, 0.6) is 0 Å². The van der Waals surface area contributed by atoms with Gasteiger partial charge in [0.05, 0.1) is 17.5 Å². The van der Waals surface area contributed by atoms with Crippen LogP contribution in [0.15, 0.2) is 34.2 Å². The van der Waals surface area contributed by atoms with Crippen molar-refractivity contribution in [3.05, 3.63) is 29.1 Å². The van der Waals surface area contributed by atoms with Gasteiger partial charge >= 0.3 is 33.3 Å². The molecule has 0 radical (unpaired) electrons. The summed E-state index contributed by atoms with van der Waals surface area (Å²) in [5.74, 6) is 0. The van der Waals surface area contributed by atoms with Crippen LogP contribution in [0.2, 0.25) is 0 Å². The molecule has 0 amide bonds. The Labute approximate surface area is 114 Å². The van der Waals surface area contributed by atoms with Gasteiger partial charge in [-0.05, 0) is 19.9 Å². The molecule has 2 N–H and O–H groups in total.